The third kappa shape index (κ3) is 3.91. The number of rotatable bonds is 4. The second-order valence-electron chi connectivity index (χ2n) is 5.13. The zero-order valence-corrected chi connectivity index (χ0v) is 11.1. The van der Waals surface area contributed by atoms with Crippen LogP contribution >= 0.6 is 0 Å². The summed E-state index contributed by atoms with van der Waals surface area (Å²) in [6.07, 6.45) is 7.44. The van der Waals surface area contributed by atoms with Gasteiger partial charge in [-0.25, -0.2) is 4.39 Å². The standard InChI is InChI=1S/C16H20FNO/c1-2-12-8-9-15(17)13(10-12)11-16(19)18-14-6-4-3-5-7-14/h2,8-10,14H,1,3-7,11H2,(H,18,19). The first-order chi connectivity index (χ1) is 9.19. The SMILES string of the molecule is C=Cc1ccc(F)c(CC(=O)NC2CCCCC2)c1. The predicted octanol–water partition coefficient (Wildman–Crippen LogP) is 3.46. The number of amides is 1. The highest BCUT2D eigenvalue weighted by molar-refractivity contribution is 5.79. The lowest BCUT2D eigenvalue weighted by molar-refractivity contribution is -0.121. The van der Waals surface area contributed by atoms with E-state index in [0.29, 0.717) is 5.56 Å². The molecule has 0 spiro atoms. The lowest BCUT2D eigenvalue weighted by Gasteiger charge is -2.22. The maximum Gasteiger partial charge on any atom is 0.224 e. The van der Waals surface area contributed by atoms with Gasteiger partial charge in [-0.1, -0.05) is 38.0 Å². The molecule has 0 unspecified atom stereocenters. The summed E-state index contributed by atoms with van der Waals surface area (Å²) in [5.74, 6) is -0.420. The van der Waals surface area contributed by atoms with Crippen molar-refractivity contribution in [3.8, 4) is 0 Å². The fourth-order valence-corrected chi connectivity index (χ4v) is 2.56. The largest absolute Gasteiger partial charge is 0.353 e. The zero-order valence-electron chi connectivity index (χ0n) is 11.1. The molecule has 0 saturated heterocycles. The van der Waals surface area contributed by atoms with Crippen molar-refractivity contribution in [2.75, 3.05) is 0 Å². The van der Waals surface area contributed by atoms with Crippen LogP contribution in [0.25, 0.3) is 6.08 Å². The molecule has 3 heteroatoms. The average Bonchev–Trinajstić information content (AvgIpc) is 2.42. The molecular formula is C16H20FNO. The molecule has 0 aliphatic heterocycles. The van der Waals surface area contributed by atoms with E-state index in [9.17, 15) is 9.18 Å². The summed E-state index contributed by atoms with van der Waals surface area (Å²) >= 11 is 0. The molecule has 1 aromatic rings. The number of carbonyl (C=O) groups excluding carboxylic acids is 1. The van der Waals surface area contributed by atoms with E-state index in [1.807, 2.05) is 0 Å². The van der Waals surface area contributed by atoms with Crippen molar-refractivity contribution in [2.24, 2.45) is 0 Å². The third-order valence-corrected chi connectivity index (χ3v) is 3.63. The first-order valence-electron chi connectivity index (χ1n) is 6.89. The topological polar surface area (TPSA) is 29.1 Å². The molecule has 2 rings (SSSR count). The van der Waals surface area contributed by atoms with Gasteiger partial charge in [0.25, 0.3) is 0 Å². The van der Waals surface area contributed by atoms with Crippen LogP contribution in [0, 0.1) is 5.82 Å². The summed E-state index contributed by atoms with van der Waals surface area (Å²) < 4.78 is 13.6. The molecule has 1 aliphatic rings. The highest BCUT2D eigenvalue weighted by Crippen LogP contribution is 2.18. The molecule has 1 amide bonds. The van der Waals surface area contributed by atoms with E-state index in [4.69, 9.17) is 0 Å². The van der Waals surface area contributed by atoms with Crippen LogP contribution in [-0.4, -0.2) is 11.9 Å². The van der Waals surface area contributed by atoms with Gasteiger partial charge >= 0.3 is 0 Å². The summed E-state index contributed by atoms with van der Waals surface area (Å²) in [5, 5.41) is 3.00. The Morgan fingerprint density at radius 3 is 2.79 bits per heavy atom. The van der Waals surface area contributed by atoms with E-state index in [1.165, 1.54) is 25.3 Å². The minimum atomic E-state index is -0.329. The molecule has 0 atom stereocenters. The molecule has 2 nitrogen and oxygen atoms in total. The van der Waals surface area contributed by atoms with E-state index in [1.54, 1.807) is 18.2 Å². The van der Waals surface area contributed by atoms with Crippen molar-refractivity contribution in [3.63, 3.8) is 0 Å². The summed E-state index contributed by atoms with van der Waals surface area (Å²) in [5.41, 5.74) is 1.27. The van der Waals surface area contributed by atoms with Gasteiger partial charge in [-0.15, -0.1) is 0 Å². The fourth-order valence-electron chi connectivity index (χ4n) is 2.56. The monoisotopic (exact) mass is 261 g/mol. The smallest absolute Gasteiger partial charge is 0.224 e. The van der Waals surface area contributed by atoms with Gasteiger partial charge < -0.3 is 5.32 Å². The van der Waals surface area contributed by atoms with E-state index < -0.39 is 0 Å². The summed E-state index contributed by atoms with van der Waals surface area (Å²) in [4.78, 5) is 11.9. The Kier molecular flexibility index (Phi) is 4.72. The Bertz CT molecular complexity index is 464. The molecule has 1 aromatic carbocycles. The van der Waals surface area contributed by atoms with E-state index in [2.05, 4.69) is 11.9 Å². The lowest BCUT2D eigenvalue weighted by atomic mass is 9.95. The Labute approximate surface area is 113 Å². The van der Waals surface area contributed by atoms with Gasteiger partial charge in [0.2, 0.25) is 5.91 Å². The van der Waals surface area contributed by atoms with Crippen molar-refractivity contribution in [1.29, 1.82) is 0 Å². The normalized spacial score (nSPS) is 16.1. The van der Waals surface area contributed by atoms with Crippen LogP contribution in [0.2, 0.25) is 0 Å². The molecule has 0 heterocycles. The summed E-state index contributed by atoms with van der Waals surface area (Å²) in [7, 11) is 0. The molecule has 1 aliphatic carbocycles. The van der Waals surface area contributed by atoms with Gasteiger partial charge in [-0.2, -0.15) is 0 Å². The number of benzene rings is 1. The Balaban J connectivity index is 1.95. The van der Waals surface area contributed by atoms with E-state index in [-0.39, 0.29) is 24.2 Å². The van der Waals surface area contributed by atoms with Crippen LogP contribution in [0.4, 0.5) is 4.39 Å². The molecule has 0 radical (unpaired) electrons. The Morgan fingerprint density at radius 1 is 1.37 bits per heavy atom. The molecule has 1 fully saturated rings. The highest BCUT2D eigenvalue weighted by atomic mass is 19.1. The number of hydrogen-bond donors (Lipinski definition) is 1. The van der Waals surface area contributed by atoms with Crippen LogP contribution in [-0.2, 0) is 11.2 Å². The fraction of sp³-hybridized carbons (Fsp3) is 0.438. The lowest BCUT2D eigenvalue weighted by Crippen LogP contribution is -2.37. The zero-order chi connectivity index (χ0) is 13.7. The van der Waals surface area contributed by atoms with Crippen molar-refractivity contribution in [2.45, 2.75) is 44.6 Å². The van der Waals surface area contributed by atoms with Crippen LogP contribution in [0.1, 0.15) is 43.2 Å². The van der Waals surface area contributed by atoms with Crippen molar-refractivity contribution in [1.82, 2.24) is 5.32 Å². The van der Waals surface area contributed by atoms with Gasteiger partial charge in [-0.05, 0) is 36.1 Å². The molecule has 1 saturated carbocycles. The van der Waals surface area contributed by atoms with Crippen LogP contribution in [0.3, 0.4) is 0 Å². The molecule has 102 valence electrons. The van der Waals surface area contributed by atoms with Gasteiger partial charge in [0.15, 0.2) is 0 Å². The molecule has 1 N–H and O–H groups in total. The maximum absolute atomic E-state index is 13.6. The predicted molar refractivity (Wildman–Crippen MR) is 75.2 cm³/mol. The van der Waals surface area contributed by atoms with Gasteiger partial charge in [-0.3, -0.25) is 4.79 Å². The molecule has 19 heavy (non-hydrogen) atoms. The first-order valence-corrected chi connectivity index (χ1v) is 6.89. The second kappa shape index (κ2) is 6.50. The average molecular weight is 261 g/mol. The maximum atomic E-state index is 13.6. The molecular weight excluding hydrogens is 241 g/mol. The van der Waals surface area contributed by atoms with E-state index in [0.717, 1.165) is 18.4 Å². The first kappa shape index (κ1) is 13.8. The molecule has 0 bridgehead atoms. The Morgan fingerprint density at radius 2 is 2.11 bits per heavy atom. The van der Waals surface area contributed by atoms with Gasteiger partial charge in [0.1, 0.15) is 5.82 Å². The van der Waals surface area contributed by atoms with Gasteiger partial charge in [0, 0.05) is 6.04 Å². The highest BCUT2D eigenvalue weighted by Gasteiger charge is 2.16. The van der Waals surface area contributed by atoms with Gasteiger partial charge in [0.05, 0.1) is 6.42 Å². The quantitative estimate of drug-likeness (QED) is 0.883. The second-order valence-corrected chi connectivity index (χ2v) is 5.13. The Hall–Kier alpha value is -1.64. The van der Waals surface area contributed by atoms with Crippen LogP contribution in [0.5, 0.6) is 0 Å². The van der Waals surface area contributed by atoms with Crippen molar-refractivity contribution < 1.29 is 9.18 Å². The van der Waals surface area contributed by atoms with Crippen LogP contribution in [0.15, 0.2) is 24.8 Å². The third-order valence-electron chi connectivity index (χ3n) is 3.63. The minimum absolute atomic E-state index is 0.0907. The van der Waals surface area contributed by atoms with Crippen molar-refractivity contribution in [3.05, 3.63) is 41.7 Å². The minimum Gasteiger partial charge on any atom is -0.353 e. The number of carbonyl (C=O) groups is 1. The summed E-state index contributed by atoms with van der Waals surface area (Å²) in [6.45, 7) is 3.65. The van der Waals surface area contributed by atoms with Crippen molar-refractivity contribution >= 4 is 12.0 Å². The number of nitrogens with one attached hydrogen (secondary N) is 1. The van der Waals surface area contributed by atoms with Crippen LogP contribution < -0.4 is 5.32 Å². The summed E-state index contributed by atoms with van der Waals surface area (Å²) in [6, 6.07) is 5.00. The molecule has 0 aromatic heterocycles. The number of hydrogen-bond acceptors (Lipinski definition) is 1. The van der Waals surface area contributed by atoms with E-state index >= 15 is 0 Å². The number of halogens is 1.